The molecule has 1 aliphatic rings. The number of rotatable bonds is 4. The minimum atomic E-state index is 0.0966. The number of nitrogens with zero attached hydrogens (tertiary/aromatic N) is 3. The monoisotopic (exact) mass is 325 g/mol. The van der Waals surface area contributed by atoms with Crippen LogP contribution in [-0.2, 0) is 11.3 Å². The summed E-state index contributed by atoms with van der Waals surface area (Å²) < 4.78 is 5.28. The highest BCUT2D eigenvalue weighted by Crippen LogP contribution is 2.29. The molecule has 1 aliphatic heterocycles. The quantitative estimate of drug-likeness (QED) is 0.867. The highest BCUT2D eigenvalue weighted by molar-refractivity contribution is 5.94. The summed E-state index contributed by atoms with van der Waals surface area (Å²) in [5.41, 5.74) is 2.78. The highest BCUT2D eigenvalue weighted by Gasteiger charge is 2.28. The number of hydrogen-bond donors (Lipinski definition) is 0. The molecule has 1 atom stereocenters. The van der Waals surface area contributed by atoms with Crippen LogP contribution in [0, 0.1) is 6.92 Å². The van der Waals surface area contributed by atoms with Crippen molar-refractivity contribution in [3.8, 4) is 0 Å². The van der Waals surface area contributed by atoms with Crippen LogP contribution in [0.4, 0.5) is 0 Å². The summed E-state index contributed by atoms with van der Waals surface area (Å²) in [7, 11) is 1.68. The number of ether oxygens (including phenoxy) is 1. The first-order chi connectivity index (χ1) is 11.7. The van der Waals surface area contributed by atoms with E-state index in [4.69, 9.17) is 4.74 Å². The summed E-state index contributed by atoms with van der Waals surface area (Å²) in [5, 5.41) is 0. The standard InChI is InChI=1S/C19H23N3O2/c1-14-20-11-17(13-24-2)18(21-14)16-9-6-10-22(12-16)19(23)15-7-4-3-5-8-15/h3-5,7-8,11,16H,6,9-10,12-13H2,1-2H3. The van der Waals surface area contributed by atoms with Gasteiger partial charge in [0.25, 0.3) is 5.91 Å². The van der Waals surface area contributed by atoms with E-state index in [2.05, 4.69) is 9.97 Å². The number of aromatic nitrogens is 2. The lowest BCUT2D eigenvalue weighted by Crippen LogP contribution is -2.39. The number of hydrogen-bond acceptors (Lipinski definition) is 4. The number of methoxy groups -OCH3 is 1. The molecule has 5 heteroatoms. The van der Waals surface area contributed by atoms with Crippen molar-refractivity contribution >= 4 is 5.91 Å². The average molecular weight is 325 g/mol. The number of amides is 1. The molecule has 1 fully saturated rings. The van der Waals surface area contributed by atoms with Crippen LogP contribution in [0.25, 0.3) is 0 Å². The molecule has 3 rings (SSSR count). The number of piperidine rings is 1. The molecule has 24 heavy (non-hydrogen) atoms. The Kier molecular flexibility index (Phi) is 5.20. The fourth-order valence-electron chi connectivity index (χ4n) is 3.28. The first kappa shape index (κ1) is 16.6. The van der Waals surface area contributed by atoms with E-state index in [0.29, 0.717) is 13.2 Å². The van der Waals surface area contributed by atoms with Gasteiger partial charge in [0.05, 0.1) is 12.3 Å². The van der Waals surface area contributed by atoms with Gasteiger partial charge >= 0.3 is 0 Å². The van der Waals surface area contributed by atoms with Gasteiger partial charge in [0.1, 0.15) is 5.82 Å². The van der Waals surface area contributed by atoms with E-state index in [-0.39, 0.29) is 11.8 Å². The Labute approximate surface area is 142 Å². The summed E-state index contributed by atoms with van der Waals surface area (Å²) in [5.74, 6) is 1.09. The molecule has 1 aromatic heterocycles. The van der Waals surface area contributed by atoms with Crippen molar-refractivity contribution < 1.29 is 9.53 Å². The average Bonchev–Trinajstić information content (AvgIpc) is 2.63. The molecule has 1 amide bonds. The van der Waals surface area contributed by atoms with Gasteiger partial charge in [-0.25, -0.2) is 9.97 Å². The Hall–Kier alpha value is -2.27. The van der Waals surface area contributed by atoms with Crippen LogP contribution in [-0.4, -0.2) is 41.0 Å². The zero-order valence-electron chi connectivity index (χ0n) is 14.2. The van der Waals surface area contributed by atoms with E-state index in [0.717, 1.165) is 42.0 Å². The molecule has 1 saturated heterocycles. The van der Waals surface area contributed by atoms with E-state index in [1.54, 1.807) is 7.11 Å². The Balaban J connectivity index is 1.81. The predicted octanol–water partition coefficient (Wildman–Crippen LogP) is 2.95. The van der Waals surface area contributed by atoms with Gasteiger partial charge < -0.3 is 9.64 Å². The second-order valence-corrected chi connectivity index (χ2v) is 6.22. The minimum Gasteiger partial charge on any atom is -0.380 e. The van der Waals surface area contributed by atoms with E-state index < -0.39 is 0 Å². The third kappa shape index (κ3) is 3.62. The Bertz CT molecular complexity index is 703. The second-order valence-electron chi connectivity index (χ2n) is 6.22. The first-order valence-electron chi connectivity index (χ1n) is 8.34. The van der Waals surface area contributed by atoms with Crippen molar-refractivity contribution in [3.63, 3.8) is 0 Å². The molecule has 0 spiro atoms. The van der Waals surface area contributed by atoms with Gasteiger partial charge in [0.2, 0.25) is 0 Å². The molecule has 1 aromatic carbocycles. The predicted molar refractivity (Wildman–Crippen MR) is 91.8 cm³/mol. The van der Waals surface area contributed by atoms with Crippen LogP contribution in [0.2, 0.25) is 0 Å². The van der Waals surface area contributed by atoms with E-state index >= 15 is 0 Å². The van der Waals surface area contributed by atoms with Gasteiger partial charge in [0, 0.05) is 43.4 Å². The summed E-state index contributed by atoms with van der Waals surface area (Å²) in [6, 6.07) is 9.48. The molecular weight excluding hydrogens is 302 g/mol. The lowest BCUT2D eigenvalue weighted by atomic mass is 9.91. The molecule has 5 nitrogen and oxygen atoms in total. The van der Waals surface area contributed by atoms with Gasteiger partial charge in [-0.15, -0.1) is 0 Å². The normalized spacial score (nSPS) is 17.8. The lowest BCUT2D eigenvalue weighted by Gasteiger charge is -2.33. The first-order valence-corrected chi connectivity index (χ1v) is 8.34. The summed E-state index contributed by atoms with van der Waals surface area (Å²) in [4.78, 5) is 23.6. The van der Waals surface area contributed by atoms with Crippen molar-refractivity contribution in [3.05, 3.63) is 59.2 Å². The molecule has 0 saturated carbocycles. The summed E-state index contributed by atoms with van der Waals surface area (Å²) >= 11 is 0. The van der Waals surface area contributed by atoms with Crippen LogP contribution in [0.5, 0.6) is 0 Å². The maximum absolute atomic E-state index is 12.7. The van der Waals surface area contributed by atoms with E-state index in [1.807, 2.05) is 48.4 Å². The smallest absolute Gasteiger partial charge is 0.253 e. The molecule has 0 N–H and O–H groups in total. The molecule has 2 heterocycles. The molecular formula is C19H23N3O2. The zero-order valence-corrected chi connectivity index (χ0v) is 14.2. The van der Waals surface area contributed by atoms with Crippen LogP contribution in [0.1, 0.15) is 46.2 Å². The molecule has 2 aromatic rings. The van der Waals surface area contributed by atoms with Gasteiger partial charge in [-0.05, 0) is 31.9 Å². The molecule has 0 aliphatic carbocycles. The minimum absolute atomic E-state index is 0.0966. The molecule has 0 bridgehead atoms. The molecule has 126 valence electrons. The fraction of sp³-hybridized carbons (Fsp3) is 0.421. The fourth-order valence-corrected chi connectivity index (χ4v) is 3.28. The van der Waals surface area contributed by atoms with Crippen molar-refractivity contribution in [2.75, 3.05) is 20.2 Å². The van der Waals surface area contributed by atoms with Gasteiger partial charge in [-0.1, -0.05) is 18.2 Å². The van der Waals surface area contributed by atoms with Crippen LogP contribution in [0.3, 0.4) is 0 Å². The number of carbonyl (C=O) groups excluding carboxylic acids is 1. The van der Waals surface area contributed by atoms with Gasteiger partial charge in [0.15, 0.2) is 0 Å². The van der Waals surface area contributed by atoms with Crippen molar-refractivity contribution in [1.29, 1.82) is 0 Å². The Morgan fingerprint density at radius 3 is 2.88 bits per heavy atom. The van der Waals surface area contributed by atoms with Gasteiger partial charge in [-0.2, -0.15) is 0 Å². The van der Waals surface area contributed by atoms with Crippen molar-refractivity contribution in [1.82, 2.24) is 14.9 Å². The van der Waals surface area contributed by atoms with Crippen molar-refractivity contribution in [2.45, 2.75) is 32.3 Å². The Morgan fingerprint density at radius 2 is 2.12 bits per heavy atom. The maximum atomic E-state index is 12.7. The number of carbonyl (C=O) groups is 1. The lowest BCUT2D eigenvalue weighted by molar-refractivity contribution is 0.0704. The maximum Gasteiger partial charge on any atom is 0.253 e. The number of aryl methyl sites for hydroxylation is 1. The third-order valence-electron chi connectivity index (χ3n) is 4.43. The summed E-state index contributed by atoms with van der Waals surface area (Å²) in [6.45, 7) is 3.89. The van der Waals surface area contributed by atoms with Crippen LogP contribution >= 0.6 is 0 Å². The summed E-state index contributed by atoms with van der Waals surface area (Å²) in [6.07, 6.45) is 3.86. The third-order valence-corrected chi connectivity index (χ3v) is 4.43. The number of benzene rings is 1. The topological polar surface area (TPSA) is 55.3 Å². The van der Waals surface area contributed by atoms with Crippen LogP contribution < -0.4 is 0 Å². The Morgan fingerprint density at radius 1 is 1.33 bits per heavy atom. The number of likely N-dealkylation sites (tertiary alicyclic amines) is 1. The van der Waals surface area contributed by atoms with Gasteiger partial charge in [-0.3, -0.25) is 4.79 Å². The largest absolute Gasteiger partial charge is 0.380 e. The highest BCUT2D eigenvalue weighted by atomic mass is 16.5. The van der Waals surface area contributed by atoms with Crippen LogP contribution in [0.15, 0.2) is 36.5 Å². The zero-order chi connectivity index (χ0) is 16.9. The van der Waals surface area contributed by atoms with E-state index in [1.165, 1.54) is 0 Å². The van der Waals surface area contributed by atoms with E-state index in [9.17, 15) is 4.79 Å². The SMILES string of the molecule is COCc1cnc(C)nc1C1CCCN(C(=O)c2ccccc2)C1. The molecule has 1 unspecified atom stereocenters. The second kappa shape index (κ2) is 7.53. The molecule has 0 radical (unpaired) electrons. The van der Waals surface area contributed by atoms with Crippen molar-refractivity contribution in [2.24, 2.45) is 0 Å².